The van der Waals surface area contributed by atoms with Gasteiger partial charge in [0, 0.05) is 0 Å². The number of rotatable bonds is 5. The Kier molecular flexibility index (Phi) is 6.46. The third kappa shape index (κ3) is 4.55. The fraction of sp³-hybridized carbons (Fsp3) is 0.333. The van der Waals surface area contributed by atoms with Gasteiger partial charge in [-0.15, -0.1) is 0 Å². The summed E-state index contributed by atoms with van der Waals surface area (Å²) < 4.78 is 0. The Morgan fingerprint density at radius 3 is 1.32 bits per heavy atom. The molecule has 0 saturated heterocycles. The molecule has 0 heterocycles. The molecule has 0 fully saturated rings. The van der Waals surface area contributed by atoms with Crippen molar-refractivity contribution in [2.75, 3.05) is 0 Å². The molecule has 22 heavy (non-hydrogen) atoms. The summed E-state index contributed by atoms with van der Waals surface area (Å²) in [7, 11) is 0. The second-order valence-corrected chi connectivity index (χ2v) is 7.36. The fourth-order valence-electron chi connectivity index (χ4n) is 2.47. The molecular weight excluding hydrogens is 358 g/mol. The zero-order valence-electron chi connectivity index (χ0n) is 12.5. The van der Waals surface area contributed by atoms with Crippen LogP contribution in [0.4, 0.5) is 0 Å². The van der Waals surface area contributed by atoms with Gasteiger partial charge in [-0.3, -0.25) is 0 Å². The van der Waals surface area contributed by atoms with Crippen LogP contribution < -0.4 is 0 Å². The average Bonchev–Trinajstić information content (AvgIpc) is 2.50. The Labute approximate surface area is 152 Å². The van der Waals surface area contributed by atoms with Crippen LogP contribution in [0, 0.1) is 0 Å². The molecule has 2 rings (SSSR count). The van der Waals surface area contributed by atoms with Crippen molar-refractivity contribution in [3.63, 3.8) is 0 Å². The lowest BCUT2D eigenvalue weighted by Gasteiger charge is -2.17. The molecule has 0 aliphatic carbocycles. The third-order valence-corrected chi connectivity index (χ3v) is 5.54. The lowest BCUT2D eigenvalue weighted by Crippen LogP contribution is -1.99. The lowest BCUT2D eigenvalue weighted by molar-refractivity contribution is 0.574. The first-order valence-electron chi connectivity index (χ1n) is 7.28. The van der Waals surface area contributed by atoms with Crippen LogP contribution in [0.25, 0.3) is 0 Å². The van der Waals surface area contributed by atoms with Gasteiger partial charge < -0.3 is 0 Å². The number of hydrogen-bond acceptors (Lipinski definition) is 0. The van der Waals surface area contributed by atoms with E-state index in [2.05, 4.69) is 13.8 Å². The normalized spacial score (nSPS) is 13.9. The second-order valence-electron chi connectivity index (χ2n) is 5.73. The summed E-state index contributed by atoms with van der Waals surface area (Å²) in [4.78, 5) is 0. The summed E-state index contributed by atoms with van der Waals surface area (Å²) in [5, 5.41) is 2.43. The van der Waals surface area contributed by atoms with E-state index in [0.29, 0.717) is 31.9 Å². The summed E-state index contributed by atoms with van der Waals surface area (Å²) in [6, 6.07) is 11.7. The fourth-order valence-corrected chi connectivity index (χ4v) is 3.08. The van der Waals surface area contributed by atoms with Crippen molar-refractivity contribution >= 4 is 46.4 Å². The smallest absolute Gasteiger partial charge is 0.0595 e. The van der Waals surface area contributed by atoms with Crippen molar-refractivity contribution in [1.82, 2.24) is 0 Å². The van der Waals surface area contributed by atoms with E-state index in [1.807, 2.05) is 36.4 Å². The minimum Gasteiger partial charge on any atom is -0.0827 e. The summed E-state index contributed by atoms with van der Waals surface area (Å²) in [6.07, 6.45) is 2.14. The molecule has 0 nitrogen and oxygen atoms in total. The van der Waals surface area contributed by atoms with Gasteiger partial charge in [-0.1, -0.05) is 72.4 Å². The van der Waals surface area contributed by atoms with Crippen molar-refractivity contribution in [3.05, 3.63) is 67.6 Å². The third-order valence-electron chi connectivity index (χ3n) is 4.06. The first-order valence-corrected chi connectivity index (χ1v) is 8.79. The monoisotopic (exact) mass is 374 g/mol. The molecule has 0 aliphatic rings. The highest BCUT2D eigenvalue weighted by Gasteiger charge is 2.12. The van der Waals surface area contributed by atoms with E-state index in [9.17, 15) is 0 Å². The highest BCUT2D eigenvalue weighted by Crippen LogP contribution is 2.32. The van der Waals surface area contributed by atoms with E-state index in [1.54, 1.807) is 0 Å². The maximum absolute atomic E-state index is 6.09. The number of hydrogen-bond donors (Lipinski definition) is 0. The maximum Gasteiger partial charge on any atom is 0.0595 e. The van der Waals surface area contributed by atoms with Gasteiger partial charge in [0.2, 0.25) is 0 Å². The molecular formula is C18H18Cl4. The molecule has 118 valence electrons. The highest BCUT2D eigenvalue weighted by molar-refractivity contribution is 6.42. The number of benzene rings is 2. The van der Waals surface area contributed by atoms with Gasteiger partial charge in [-0.2, -0.15) is 0 Å². The molecule has 0 N–H and O–H groups in total. The van der Waals surface area contributed by atoms with E-state index < -0.39 is 0 Å². The highest BCUT2D eigenvalue weighted by atomic mass is 35.5. The molecule has 0 saturated carbocycles. The summed E-state index contributed by atoms with van der Waals surface area (Å²) in [6.45, 7) is 4.42. The SMILES string of the molecule is CC(CCC(C)c1ccc(Cl)c(Cl)c1)c1ccc(Cl)c(Cl)c1. The molecule has 0 spiro atoms. The van der Waals surface area contributed by atoms with Crippen LogP contribution >= 0.6 is 46.4 Å². The average molecular weight is 376 g/mol. The van der Waals surface area contributed by atoms with E-state index in [1.165, 1.54) is 11.1 Å². The van der Waals surface area contributed by atoms with Crippen molar-refractivity contribution < 1.29 is 0 Å². The summed E-state index contributed by atoms with van der Waals surface area (Å²) in [5.41, 5.74) is 2.44. The molecule has 2 unspecified atom stereocenters. The minimum atomic E-state index is 0.431. The molecule has 0 bridgehead atoms. The van der Waals surface area contributed by atoms with Crippen molar-refractivity contribution in [1.29, 1.82) is 0 Å². The standard InChI is InChI=1S/C18H18Cl4/c1-11(13-5-7-15(19)17(21)9-13)3-4-12(2)14-6-8-16(20)18(22)10-14/h5-12H,3-4H2,1-2H3. The zero-order valence-corrected chi connectivity index (χ0v) is 15.6. The maximum atomic E-state index is 6.09. The van der Waals surface area contributed by atoms with E-state index in [-0.39, 0.29) is 0 Å². The molecule has 0 aliphatic heterocycles. The van der Waals surface area contributed by atoms with Crippen LogP contribution in [-0.2, 0) is 0 Å². The van der Waals surface area contributed by atoms with Crippen LogP contribution in [0.2, 0.25) is 20.1 Å². The molecule has 0 amide bonds. The van der Waals surface area contributed by atoms with Gasteiger partial charge in [0.1, 0.15) is 0 Å². The van der Waals surface area contributed by atoms with Gasteiger partial charge in [0.15, 0.2) is 0 Å². The topological polar surface area (TPSA) is 0 Å². The van der Waals surface area contributed by atoms with Crippen LogP contribution in [0.15, 0.2) is 36.4 Å². The van der Waals surface area contributed by atoms with Gasteiger partial charge in [0.25, 0.3) is 0 Å². The molecule has 2 atom stereocenters. The van der Waals surface area contributed by atoms with Crippen molar-refractivity contribution in [3.8, 4) is 0 Å². The molecule has 4 heteroatoms. The Balaban J connectivity index is 1.99. The predicted molar refractivity (Wildman–Crippen MR) is 99.0 cm³/mol. The summed E-state index contributed by atoms with van der Waals surface area (Å²) in [5.74, 6) is 0.861. The lowest BCUT2D eigenvalue weighted by atomic mass is 9.89. The van der Waals surface area contributed by atoms with Gasteiger partial charge >= 0.3 is 0 Å². The molecule has 0 radical (unpaired) electrons. The molecule has 2 aromatic rings. The molecule has 2 aromatic carbocycles. The minimum absolute atomic E-state index is 0.431. The van der Waals surface area contributed by atoms with E-state index >= 15 is 0 Å². The van der Waals surface area contributed by atoms with Crippen LogP contribution in [-0.4, -0.2) is 0 Å². The van der Waals surface area contributed by atoms with Crippen molar-refractivity contribution in [2.24, 2.45) is 0 Å². The second kappa shape index (κ2) is 7.93. The zero-order chi connectivity index (χ0) is 16.3. The number of halogens is 4. The molecule has 0 aromatic heterocycles. The van der Waals surface area contributed by atoms with Crippen LogP contribution in [0.3, 0.4) is 0 Å². The van der Waals surface area contributed by atoms with E-state index in [0.717, 1.165) is 12.8 Å². The first-order chi connectivity index (χ1) is 10.4. The van der Waals surface area contributed by atoms with Crippen molar-refractivity contribution in [2.45, 2.75) is 38.5 Å². The Hall–Kier alpha value is -0.400. The van der Waals surface area contributed by atoms with Gasteiger partial charge in [-0.25, -0.2) is 0 Å². The van der Waals surface area contributed by atoms with Crippen LogP contribution in [0.1, 0.15) is 49.7 Å². The first kappa shape index (κ1) is 17.9. The Morgan fingerprint density at radius 1 is 0.636 bits per heavy atom. The quantitative estimate of drug-likeness (QED) is 0.496. The Morgan fingerprint density at radius 2 is 1.00 bits per heavy atom. The Bertz CT molecular complexity index is 594. The largest absolute Gasteiger partial charge is 0.0827 e. The summed E-state index contributed by atoms with van der Waals surface area (Å²) >= 11 is 24.1. The van der Waals surface area contributed by atoms with Gasteiger partial charge in [-0.05, 0) is 60.1 Å². The van der Waals surface area contributed by atoms with E-state index in [4.69, 9.17) is 46.4 Å². The van der Waals surface area contributed by atoms with Crippen LogP contribution in [0.5, 0.6) is 0 Å². The van der Waals surface area contributed by atoms with Gasteiger partial charge in [0.05, 0.1) is 20.1 Å². The predicted octanol–water partition coefficient (Wildman–Crippen LogP) is 7.99.